The number of rotatable bonds is 6. The second-order valence-electron chi connectivity index (χ2n) is 3.88. The number of hydrogen-bond acceptors (Lipinski definition) is 5. The SMILES string of the molecule is Cc1noc(CN(CCCO)C(C)C)n1. The van der Waals surface area contributed by atoms with Crippen molar-refractivity contribution < 1.29 is 9.63 Å². The minimum absolute atomic E-state index is 0.214. The molecule has 1 heterocycles. The molecule has 0 fully saturated rings. The van der Waals surface area contributed by atoms with Gasteiger partial charge in [-0.15, -0.1) is 0 Å². The number of hydrogen-bond donors (Lipinski definition) is 1. The van der Waals surface area contributed by atoms with E-state index in [1.54, 1.807) is 6.92 Å². The lowest BCUT2D eigenvalue weighted by atomic mass is 10.3. The molecule has 0 bridgehead atoms. The van der Waals surface area contributed by atoms with Crippen molar-refractivity contribution in [2.45, 2.75) is 39.8 Å². The topological polar surface area (TPSA) is 62.4 Å². The van der Waals surface area contributed by atoms with Crippen molar-refractivity contribution >= 4 is 0 Å². The van der Waals surface area contributed by atoms with E-state index in [0.29, 0.717) is 24.3 Å². The Morgan fingerprint density at radius 2 is 2.20 bits per heavy atom. The van der Waals surface area contributed by atoms with Crippen LogP contribution in [0.15, 0.2) is 4.52 Å². The van der Waals surface area contributed by atoms with Gasteiger partial charge in [0.2, 0.25) is 5.89 Å². The van der Waals surface area contributed by atoms with Crippen LogP contribution in [0.5, 0.6) is 0 Å². The fourth-order valence-corrected chi connectivity index (χ4v) is 1.37. The van der Waals surface area contributed by atoms with Gasteiger partial charge in [-0.1, -0.05) is 5.16 Å². The molecule has 1 aromatic heterocycles. The first-order valence-corrected chi connectivity index (χ1v) is 5.27. The van der Waals surface area contributed by atoms with E-state index in [2.05, 4.69) is 28.9 Å². The Morgan fingerprint density at radius 3 is 2.67 bits per heavy atom. The standard InChI is InChI=1S/C10H19N3O2/c1-8(2)13(5-4-6-14)7-10-11-9(3)12-15-10/h8,14H,4-7H2,1-3H3. The van der Waals surface area contributed by atoms with Crippen molar-refractivity contribution in [3.05, 3.63) is 11.7 Å². The van der Waals surface area contributed by atoms with Gasteiger partial charge >= 0.3 is 0 Å². The third kappa shape index (κ3) is 3.97. The normalized spacial score (nSPS) is 11.6. The quantitative estimate of drug-likeness (QED) is 0.763. The molecular formula is C10H19N3O2. The lowest BCUT2D eigenvalue weighted by Crippen LogP contribution is -2.31. The first-order chi connectivity index (χ1) is 7.13. The summed E-state index contributed by atoms with van der Waals surface area (Å²) in [5, 5.41) is 12.5. The molecule has 0 aliphatic carbocycles. The molecule has 1 rings (SSSR count). The van der Waals surface area contributed by atoms with E-state index in [9.17, 15) is 0 Å². The van der Waals surface area contributed by atoms with E-state index >= 15 is 0 Å². The summed E-state index contributed by atoms with van der Waals surface area (Å²) in [6, 6.07) is 0.406. The molecule has 0 amide bonds. The number of aliphatic hydroxyl groups is 1. The highest BCUT2D eigenvalue weighted by atomic mass is 16.5. The molecule has 1 aromatic rings. The molecule has 0 radical (unpaired) electrons. The second-order valence-corrected chi connectivity index (χ2v) is 3.88. The number of aliphatic hydroxyl groups excluding tert-OH is 1. The fraction of sp³-hybridized carbons (Fsp3) is 0.800. The van der Waals surface area contributed by atoms with Crippen LogP contribution >= 0.6 is 0 Å². The maximum atomic E-state index is 8.79. The van der Waals surface area contributed by atoms with Gasteiger partial charge in [0.15, 0.2) is 5.82 Å². The molecule has 0 saturated carbocycles. The zero-order chi connectivity index (χ0) is 11.3. The van der Waals surface area contributed by atoms with Gasteiger partial charge in [-0.3, -0.25) is 4.90 Å². The Labute approximate surface area is 90.1 Å². The van der Waals surface area contributed by atoms with Crippen LogP contribution in [0.1, 0.15) is 32.0 Å². The molecular weight excluding hydrogens is 194 g/mol. The van der Waals surface area contributed by atoms with Gasteiger partial charge in [-0.2, -0.15) is 4.98 Å². The highest BCUT2D eigenvalue weighted by Crippen LogP contribution is 2.06. The molecule has 5 heteroatoms. The predicted molar refractivity (Wildman–Crippen MR) is 56.3 cm³/mol. The molecule has 5 nitrogen and oxygen atoms in total. The molecule has 0 aliphatic heterocycles. The molecule has 0 aromatic carbocycles. The molecule has 15 heavy (non-hydrogen) atoms. The summed E-state index contributed by atoms with van der Waals surface area (Å²) in [7, 11) is 0. The molecule has 0 atom stereocenters. The van der Waals surface area contributed by atoms with Crippen LogP contribution in [0, 0.1) is 6.92 Å². The predicted octanol–water partition coefficient (Wildman–Crippen LogP) is 0.971. The highest BCUT2D eigenvalue weighted by molar-refractivity contribution is 4.83. The molecule has 0 aliphatic rings. The van der Waals surface area contributed by atoms with E-state index < -0.39 is 0 Å². The van der Waals surface area contributed by atoms with E-state index in [-0.39, 0.29) is 6.61 Å². The Balaban J connectivity index is 2.50. The average molecular weight is 213 g/mol. The Bertz CT molecular complexity index is 286. The van der Waals surface area contributed by atoms with Crippen molar-refractivity contribution in [2.75, 3.05) is 13.2 Å². The zero-order valence-electron chi connectivity index (χ0n) is 9.60. The first-order valence-electron chi connectivity index (χ1n) is 5.27. The van der Waals surface area contributed by atoms with Crippen molar-refractivity contribution in [3.8, 4) is 0 Å². The summed E-state index contributed by atoms with van der Waals surface area (Å²) < 4.78 is 5.06. The summed E-state index contributed by atoms with van der Waals surface area (Å²) in [6.07, 6.45) is 0.769. The summed E-state index contributed by atoms with van der Waals surface area (Å²) in [6.45, 7) is 7.74. The maximum absolute atomic E-state index is 8.79. The highest BCUT2D eigenvalue weighted by Gasteiger charge is 2.13. The van der Waals surface area contributed by atoms with Gasteiger partial charge in [0, 0.05) is 19.2 Å². The van der Waals surface area contributed by atoms with Crippen LogP contribution in [0.3, 0.4) is 0 Å². The smallest absolute Gasteiger partial charge is 0.240 e. The summed E-state index contributed by atoms with van der Waals surface area (Å²) in [4.78, 5) is 6.36. The zero-order valence-corrected chi connectivity index (χ0v) is 9.60. The van der Waals surface area contributed by atoms with Crippen LogP contribution in [0.25, 0.3) is 0 Å². The average Bonchev–Trinajstić information content (AvgIpc) is 2.58. The van der Waals surface area contributed by atoms with E-state index in [1.165, 1.54) is 0 Å². The van der Waals surface area contributed by atoms with Gasteiger partial charge < -0.3 is 9.63 Å². The van der Waals surface area contributed by atoms with Crippen molar-refractivity contribution in [3.63, 3.8) is 0 Å². The molecule has 86 valence electrons. The number of aryl methyl sites for hydroxylation is 1. The number of nitrogens with zero attached hydrogens (tertiary/aromatic N) is 3. The summed E-state index contributed by atoms with van der Waals surface area (Å²) >= 11 is 0. The minimum atomic E-state index is 0.214. The van der Waals surface area contributed by atoms with Gasteiger partial charge in [0.05, 0.1) is 6.54 Å². The maximum Gasteiger partial charge on any atom is 0.240 e. The largest absolute Gasteiger partial charge is 0.396 e. The van der Waals surface area contributed by atoms with Crippen LogP contribution in [-0.2, 0) is 6.54 Å². The van der Waals surface area contributed by atoms with Crippen LogP contribution in [-0.4, -0.2) is 39.3 Å². The summed E-state index contributed by atoms with van der Waals surface area (Å²) in [5.74, 6) is 1.30. The molecule has 0 saturated heterocycles. The van der Waals surface area contributed by atoms with E-state index in [4.69, 9.17) is 9.63 Å². The fourth-order valence-electron chi connectivity index (χ4n) is 1.37. The van der Waals surface area contributed by atoms with Gasteiger partial charge in [-0.05, 0) is 27.2 Å². The third-order valence-corrected chi connectivity index (χ3v) is 2.24. The molecule has 0 spiro atoms. The third-order valence-electron chi connectivity index (χ3n) is 2.24. The van der Waals surface area contributed by atoms with E-state index in [1.807, 2.05) is 0 Å². The van der Waals surface area contributed by atoms with Crippen LogP contribution in [0.2, 0.25) is 0 Å². The Hall–Kier alpha value is -0.940. The Morgan fingerprint density at radius 1 is 1.47 bits per heavy atom. The lowest BCUT2D eigenvalue weighted by Gasteiger charge is -2.24. The van der Waals surface area contributed by atoms with Gasteiger partial charge in [-0.25, -0.2) is 0 Å². The molecule has 1 N–H and O–H groups in total. The van der Waals surface area contributed by atoms with Gasteiger partial charge in [0.25, 0.3) is 0 Å². The van der Waals surface area contributed by atoms with Crippen molar-refractivity contribution in [1.29, 1.82) is 0 Å². The Kier molecular flexibility index (Phi) is 4.71. The second kappa shape index (κ2) is 5.82. The first kappa shape index (κ1) is 12.1. The van der Waals surface area contributed by atoms with Crippen molar-refractivity contribution in [2.24, 2.45) is 0 Å². The lowest BCUT2D eigenvalue weighted by molar-refractivity contribution is 0.165. The van der Waals surface area contributed by atoms with Crippen LogP contribution < -0.4 is 0 Å². The monoisotopic (exact) mass is 213 g/mol. The van der Waals surface area contributed by atoms with Gasteiger partial charge in [0.1, 0.15) is 0 Å². The van der Waals surface area contributed by atoms with E-state index in [0.717, 1.165) is 13.0 Å². The summed E-state index contributed by atoms with van der Waals surface area (Å²) in [5.41, 5.74) is 0. The minimum Gasteiger partial charge on any atom is -0.396 e. The molecule has 0 unspecified atom stereocenters. The van der Waals surface area contributed by atoms with Crippen LogP contribution in [0.4, 0.5) is 0 Å². The van der Waals surface area contributed by atoms with Crippen molar-refractivity contribution in [1.82, 2.24) is 15.0 Å². The number of aromatic nitrogens is 2.